The standard InChI is InChI=1S/C11H21N5S/c1-15(2)6-5-7-16(3)10-8-9(12)13-11(14-10)17-4/h8H,5-7H2,1-4H3,(H2,12,13,14). The van der Waals surface area contributed by atoms with E-state index in [1.54, 1.807) is 0 Å². The third-order valence-corrected chi connectivity index (χ3v) is 2.93. The minimum Gasteiger partial charge on any atom is -0.383 e. The largest absolute Gasteiger partial charge is 0.383 e. The molecule has 0 bridgehead atoms. The monoisotopic (exact) mass is 255 g/mol. The molecule has 96 valence electrons. The summed E-state index contributed by atoms with van der Waals surface area (Å²) in [5.41, 5.74) is 5.75. The van der Waals surface area contributed by atoms with Crippen LogP contribution in [0.4, 0.5) is 11.6 Å². The Labute approximate surface area is 107 Å². The van der Waals surface area contributed by atoms with Crippen molar-refractivity contribution in [3.63, 3.8) is 0 Å². The molecular formula is C11H21N5S. The molecule has 0 aliphatic rings. The SMILES string of the molecule is CSc1nc(N)cc(N(C)CCCN(C)C)n1. The summed E-state index contributed by atoms with van der Waals surface area (Å²) in [6, 6.07) is 1.81. The Morgan fingerprint density at radius 2 is 1.94 bits per heavy atom. The Kier molecular flexibility index (Phi) is 5.50. The van der Waals surface area contributed by atoms with E-state index in [0.29, 0.717) is 5.82 Å². The van der Waals surface area contributed by atoms with Gasteiger partial charge in [0.2, 0.25) is 0 Å². The van der Waals surface area contributed by atoms with Gasteiger partial charge in [0.1, 0.15) is 11.6 Å². The van der Waals surface area contributed by atoms with Gasteiger partial charge >= 0.3 is 0 Å². The van der Waals surface area contributed by atoms with E-state index in [1.165, 1.54) is 11.8 Å². The average Bonchev–Trinajstić information content (AvgIpc) is 2.27. The lowest BCUT2D eigenvalue weighted by molar-refractivity contribution is 0.401. The van der Waals surface area contributed by atoms with Gasteiger partial charge in [-0.2, -0.15) is 0 Å². The Balaban J connectivity index is 2.61. The van der Waals surface area contributed by atoms with E-state index in [2.05, 4.69) is 33.9 Å². The first-order valence-electron chi connectivity index (χ1n) is 5.57. The first kappa shape index (κ1) is 14.1. The van der Waals surface area contributed by atoms with Crippen LogP contribution in [-0.4, -0.2) is 55.4 Å². The Bertz CT molecular complexity index is 356. The average molecular weight is 255 g/mol. The molecule has 5 nitrogen and oxygen atoms in total. The van der Waals surface area contributed by atoms with Gasteiger partial charge in [-0.1, -0.05) is 11.8 Å². The van der Waals surface area contributed by atoms with E-state index in [0.717, 1.165) is 30.5 Å². The molecule has 1 aromatic heterocycles. The van der Waals surface area contributed by atoms with Crippen LogP contribution in [0.3, 0.4) is 0 Å². The third-order valence-electron chi connectivity index (χ3n) is 2.38. The van der Waals surface area contributed by atoms with Crippen LogP contribution in [0.1, 0.15) is 6.42 Å². The lowest BCUT2D eigenvalue weighted by atomic mass is 10.3. The summed E-state index contributed by atoms with van der Waals surface area (Å²) >= 11 is 1.51. The van der Waals surface area contributed by atoms with Gasteiger partial charge in [-0.15, -0.1) is 0 Å². The molecule has 0 saturated heterocycles. The molecule has 1 aromatic rings. The highest BCUT2D eigenvalue weighted by Gasteiger charge is 2.06. The lowest BCUT2D eigenvalue weighted by Crippen LogP contribution is -2.24. The number of nitrogens with two attached hydrogens (primary N) is 1. The van der Waals surface area contributed by atoms with E-state index in [-0.39, 0.29) is 0 Å². The predicted octanol–water partition coefficient (Wildman–Crippen LogP) is 1.17. The minimum absolute atomic E-state index is 0.527. The Morgan fingerprint density at radius 1 is 1.24 bits per heavy atom. The van der Waals surface area contributed by atoms with Crippen LogP contribution in [0.5, 0.6) is 0 Å². The van der Waals surface area contributed by atoms with E-state index in [1.807, 2.05) is 19.4 Å². The Hall–Kier alpha value is -1.01. The van der Waals surface area contributed by atoms with Crippen LogP contribution in [0, 0.1) is 0 Å². The fraction of sp³-hybridized carbons (Fsp3) is 0.636. The first-order chi connectivity index (χ1) is 8.02. The number of hydrogen-bond donors (Lipinski definition) is 1. The van der Waals surface area contributed by atoms with Gasteiger partial charge in [0, 0.05) is 19.7 Å². The van der Waals surface area contributed by atoms with Crippen LogP contribution in [0.2, 0.25) is 0 Å². The second-order valence-electron chi connectivity index (χ2n) is 4.22. The molecule has 0 aromatic carbocycles. The second-order valence-corrected chi connectivity index (χ2v) is 4.99. The quantitative estimate of drug-likeness (QED) is 0.608. The molecule has 0 saturated carbocycles. The molecule has 0 aliphatic heterocycles. The summed E-state index contributed by atoms with van der Waals surface area (Å²) in [5.74, 6) is 1.42. The van der Waals surface area contributed by atoms with E-state index in [9.17, 15) is 0 Å². The fourth-order valence-electron chi connectivity index (χ4n) is 1.46. The van der Waals surface area contributed by atoms with E-state index < -0.39 is 0 Å². The van der Waals surface area contributed by atoms with Crippen LogP contribution >= 0.6 is 11.8 Å². The zero-order valence-corrected chi connectivity index (χ0v) is 11.8. The van der Waals surface area contributed by atoms with E-state index in [4.69, 9.17) is 5.73 Å². The third kappa shape index (κ3) is 4.79. The fourth-order valence-corrected chi connectivity index (χ4v) is 1.84. The number of aromatic nitrogens is 2. The molecule has 0 aliphatic carbocycles. The minimum atomic E-state index is 0.527. The van der Waals surface area contributed by atoms with Crippen LogP contribution in [0.25, 0.3) is 0 Å². The molecule has 17 heavy (non-hydrogen) atoms. The van der Waals surface area contributed by atoms with Gasteiger partial charge in [0.15, 0.2) is 5.16 Å². The van der Waals surface area contributed by atoms with Gasteiger partial charge in [-0.05, 0) is 33.3 Å². The smallest absolute Gasteiger partial charge is 0.191 e. The summed E-state index contributed by atoms with van der Waals surface area (Å²) in [6.45, 7) is 2.03. The number of rotatable bonds is 6. The van der Waals surface area contributed by atoms with Crippen molar-refractivity contribution in [2.45, 2.75) is 11.6 Å². The molecule has 6 heteroatoms. The molecule has 2 N–H and O–H groups in total. The predicted molar refractivity (Wildman–Crippen MR) is 74.7 cm³/mol. The van der Waals surface area contributed by atoms with Gasteiger partial charge in [-0.3, -0.25) is 0 Å². The lowest BCUT2D eigenvalue weighted by Gasteiger charge is -2.19. The van der Waals surface area contributed by atoms with Crippen LogP contribution < -0.4 is 10.6 Å². The topological polar surface area (TPSA) is 58.3 Å². The zero-order chi connectivity index (χ0) is 12.8. The van der Waals surface area contributed by atoms with Crippen molar-refractivity contribution < 1.29 is 0 Å². The second kappa shape index (κ2) is 6.66. The highest BCUT2D eigenvalue weighted by Crippen LogP contribution is 2.17. The van der Waals surface area contributed by atoms with Crippen molar-refractivity contribution >= 4 is 23.4 Å². The molecule has 0 amide bonds. The molecular weight excluding hydrogens is 234 g/mol. The summed E-state index contributed by atoms with van der Waals surface area (Å²) in [7, 11) is 6.19. The molecule has 0 radical (unpaired) electrons. The zero-order valence-electron chi connectivity index (χ0n) is 11.0. The highest BCUT2D eigenvalue weighted by molar-refractivity contribution is 7.98. The number of nitrogen functional groups attached to an aromatic ring is 1. The van der Waals surface area contributed by atoms with Crippen molar-refractivity contribution in [1.82, 2.24) is 14.9 Å². The molecule has 1 rings (SSSR count). The van der Waals surface area contributed by atoms with Gasteiger partial charge < -0.3 is 15.5 Å². The van der Waals surface area contributed by atoms with Gasteiger partial charge in [-0.25, -0.2) is 9.97 Å². The van der Waals surface area contributed by atoms with Crippen LogP contribution in [0.15, 0.2) is 11.2 Å². The number of anilines is 2. The highest BCUT2D eigenvalue weighted by atomic mass is 32.2. The number of hydrogen-bond acceptors (Lipinski definition) is 6. The molecule has 1 heterocycles. The first-order valence-corrected chi connectivity index (χ1v) is 6.80. The van der Waals surface area contributed by atoms with Gasteiger partial charge in [0.05, 0.1) is 0 Å². The van der Waals surface area contributed by atoms with Gasteiger partial charge in [0.25, 0.3) is 0 Å². The van der Waals surface area contributed by atoms with Crippen molar-refractivity contribution in [3.05, 3.63) is 6.07 Å². The summed E-state index contributed by atoms with van der Waals surface area (Å²) < 4.78 is 0. The normalized spacial score (nSPS) is 10.9. The summed E-state index contributed by atoms with van der Waals surface area (Å²) in [4.78, 5) is 12.9. The van der Waals surface area contributed by atoms with Crippen molar-refractivity contribution in [2.75, 3.05) is 51.1 Å². The maximum absolute atomic E-state index is 5.75. The molecule has 0 fully saturated rings. The van der Waals surface area contributed by atoms with Crippen molar-refractivity contribution in [3.8, 4) is 0 Å². The summed E-state index contributed by atoms with van der Waals surface area (Å²) in [5, 5.41) is 0.722. The molecule has 0 unspecified atom stereocenters. The van der Waals surface area contributed by atoms with Crippen molar-refractivity contribution in [2.24, 2.45) is 0 Å². The number of thioether (sulfide) groups is 1. The molecule has 0 spiro atoms. The van der Waals surface area contributed by atoms with Crippen LogP contribution in [-0.2, 0) is 0 Å². The number of nitrogens with zero attached hydrogens (tertiary/aromatic N) is 4. The Morgan fingerprint density at radius 3 is 2.53 bits per heavy atom. The van der Waals surface area contributed by atoms with Crippen molar-refractivity contribution in [1.29, 1.82) is 0 Å². The maximum Gasteiger partial charge on any atom is 0.191 e. The maximum atomic E-state index is 5.75. The molecule has 0 atom stereocenters. The van der Waals surface area contributed by atoms with E-state index >= 15 is 0 Å². The summed E-state index contributed by atoms with van der Waals surface area (Å²) in [6.07, 6.45) is 3.05.